The topological polar surface area (TPSA) is 35.2 Å². The molecule has 1 saturated carbocycles. The lowest BCUT2D eigenvalue weighted by Crippen LogP contribution is -2.30. The SMILES string of the molecule is NC1CCC(OCc2ccc(Cl)cc2F)CC1. The van der Waals surface area contributed by atoms with Gasteiger partial charge in [-0.3, -0.25) is 0 Å². The highest BCUT2D eigenvalue weighted by Crippen LogP contribution is 2.22. The summed E-state index contributed by atoms with van der Waals surface area (Å²) in [5.41, 5.74) is 6.37. The van der Waals surface area contributed by atoms with E-state index in [-0.39, 0.29) is 11.9 Å². The molecule has 94 valence electrons. The van der Waals surface area contributed by atoms with E-state index in [2.05, 4.69) is 0 Å². The van der Waals surface area contributed by atoms with E-state index in [0.29, 0.717) is 23.2 Å². The molecule has 17 heavy (non-hydrogen) atoms. The van der Waals surface area contributed by atoms with E-state index in [1.165, 1.54) is 6.07 Å². The number of hydrogen-bond donors (Lipinski definition) is 1. The minimum Gasteiger partial charge on any atom is -0.373 e. The molecule has 0 unspecified atom stereocenters. The predicted octanol–water partition coefficient (Wildman–Crippen LogP) is 3.27. The van der Waals surface area contributed by atoms with Crippen LogP contribution in [-0.4, -0.2) is 12.1 Å². The fourth-order valence-electron chi connectivity index (χ4n) is 2.10. The summed E-state index contributed by atoms with van der Waals surface area (Å²) >= 11 is 5.69. The molecule has 0 saturated heterocycles. The van der Waals surface area contributed by atoms with Crippen molar-refractivity contribution in [2.24, 2.45) is 5.73 Å². The van der Waals surface area contributed by atoms with Crippen LogP contribution < -0.4 is 5.73 Å². The molecule has 0 aromatic heterocycles. The Balaban J connectivity index is 1.85. The monoisotopic (exact) mass is 257 g/mol. The van der Waals surface area contributed by atoms with Crippen molar-refractivity contribution in [3.63, 3.8) is 0 Å². The van der Waals surface area contributed by atoms with E-state index < -0.39 is 0 Å². The van der Waals surface area contributed by atoms with Crippen LogP contribution in [0.5, 0.6) is 0 Å². The van der Waals surface area contributed by atoms with E-state index in [4.69, 9.17) is 22.1 Å². The summed E-state index contributed by atoms with van der Waals surface area (Å²) in [4.78, 5) is 0. The lowest BCUT2D eigenvalue weighted by atomic mass is 9.94. The summed E-state index contributed by atoms with van der Waals surface area (Å²) in [5, 5.41) is 0.412. The molecule has 1 aliphatic rings. The molecule has 1 aromatic rings. The van der Waals surface area contributed by atoms with Gasteiger partial charge in [0.05, 0.1) is 12.7 Å². The summed E-state index contributed by atoms with van der Waals surface area (Å²) in [6.45, 7) is 0.308. The molecule has 1 aliphatic carbocycles. The van der Waals surface area contributed by atoms with Gasteiger partial charge in [0, 0.05) is 16.6 Å². The van der Waals surface area contributed by atoms with Crippen LogP contribution in [-0.2, 0) is 11.3 Å². The first-order chi connectivity index (χ1) is 8.15. The van der Waals surface area contributed by atoms with Crippen molar-refractivity contribution >= 4 is 11.6 Å². The van der Waals surface area contributed by atoms with Crippen LogP contribution >= 0.6 is 11.6 Å². The van der Waals surface area contributed by atoms with Crippen molar-refractivity contribution in [2.45, 2.75) is 44.4 Å². The number of halogens is 2. The minimum atomic E-state index is -0.301. The molecule has 1 aromatic carbocycles. The van der Waals surface area contributed by atoms with Gasteiger partial charge >= 0.3 is 0 Å². The summed E-state index contributed by atoms with van der Waals surface area (Å²) in [7, 11) is 0. The van der Waals surface area contributed by atoms with Gasteiger partial charge in [0.15, 0.2) is 0 Å². The lowest BCUT2D eigenvalue weighted by molar-refractivity contribution is 0.0126. The molecule has 0 heterocycles. The first-order valence-electron chi connectivity index (χ1n) is 5.96. The van der Waals surface area contributed by atoms with Gasteiger partial charge in [-0.15, -0.1) is 0 Å². The van der Waals surface area contributed by atoms with Crippen LogP contribution in [0.3, 0.4) is 0 Å². The first kappa shape index (κ1) is 12.8. The Labute approximate surface area is 106 Å². The molecule has 0 spiro atoms. The van der Waals surface area contributed by atoms with Gasteiger partial charge in [0.2, 0.25) is 0 Å². The summed E-state index contributed by atoms with van der Waals surface area (Å²) in [5.74, 6) is -0.301. The molecular weight excluding hydrogens is 241 g/mol. The largest absolute Gasteiger partial charge is 0.373 e. The van der Waals surface area contributed by atoms with Gasteiger partial charge in [-0.1, -0.05) is 17.7 Å². The Morgan fingerprint density at radius 3 is 2.65 bits per heavy atom. The third-order valence-corrected chi connectivity index (χ3v) is 3.44. The van der Waals surface area contributed by atoms with Crippen LogP contribution in [0.15, 0.2) is 18.2 Å². The second-order valence-corrected chi connectivity index (χ2v) is 5.02. The number of nitrogens with two attached hydrogens (primary N) is 1. The molecule has 0 radical (unpaired) electrons. The maximum Gasteiger partial charge on any atom is 0.130 e. The maximum absolute atomic E-state index is 13.5. The molecule has 4 heteroatoms. The van der Waals surface area contributed by atoms with Gasteiger partial charge in [-0.2, -0.15) is 0 Å². The highest BCUT2D eigenvalue weighted by Gasteiger charge is 2.19. The van der Waals surface area contributed by atoms with Crippen LogP contribution in [0.4, 0.5) is 4.39 Å². The molecule has 2 N–H and O–H groups in total. The zero-order chi connectivity index (χ0) is 12.3. The third kappa shape index (κ3) is 3.66. The highest BCUT2D eigenvalue weighted by atomic mass is 35.5. The van der Waals surface area contributed by atoms with E-state index >= 15 is 0 Å². The Morgan fingerprint density at radius 1 is 1.29 bits per heavy atom. The fraction of sp³-hybridized carbons (Fsp3) is 0.538. The van der Waals surface area contributed by atoms with Crippen molar-refractivity contribution in [3.05, 3.63) is 34.6 Å². The third-order valence-electron chi connectivity index (χ3n) is 3.21. The van der Waals surface area contributed by atoms with Gasteiger partial charge in [0.25, 0.3) is 0 Å². The Morgan fingerprint density at radius 2 is 2.00 bits per heavy atom. The average Bonchev–Trinajstić information content (AvgIpc) is 2.30. The Hall–Kier alpha value is -0.640. The average molecular weight is 258 g/mol. The van der Waals surface area contributed by atoms with Crippen molar-refractivity contribution in [1.82, 2.24) is 0 Å². The predicted molar refractivity (Wildman–Crippen MR) is 66.4 cm³/mol. The molecule has 1 fully saturated rings. The van der Waals surface area contributed by atoms with Crippen molar-refractivity contribution in [2.75, 3.05) is 0 Å². The van der Waals surface area contributed by atoms with E-state index in [1.807, 2.05) is 0 Å². The van der Waals surface area contributed by atoms with E-state index in [9.17, 15) is 4.39 Å². The number of rotatable bonds is 3. The number of benzene rings is 1. The molecule has 2 rings (SSSR count). The van der Waals surface area contributed by atoms with Crippen molar-refractivity contribution in [3.8, 4) is 0 Å². The maximum atomic E-state index is 13.5. The van der Waals surface area contributed by atoms with Crippen molar-refractivity contribution in [1.29, 1.82) is 0 Å². The van der Waals surface area contributed by atoms with Crippen molar-refractivity contribution < 1.29 is 9.13 Å². The second kappa shape index (κ2) is 5.80. The minimum absolute atomic E-state index is 0.213. The molecular formula is C13H17ClFNO. The smallest absolute Gasteiger partial charge is 0.130 e. The number of hydrogen-bond acceptors (Lipinski definition) is 2. The van der Waals surface area contributed by atoms with E-state index in [1.54, 1.807) is 12.1 Å². The summed E-state index contributed by atoms with van der Waals surface area (Å²) < 4.78 is 19.2. The van der Waals surface area contributed by atoms with Crippen LogP contribution in [0.25, 0.3) is 0 Å². The normalized spacial score (nSPS) is 24.9. The summed E-state index contributed by atoms with van der Waals surface area (Å²) in [6.07, 6.45) is 4.14. The first-order valence-corrected chi connectivity index (χ1v) is 6.34. The zero-order valence-corrected chi connectivity index (χ0v) is 10.4. The molecule has 0 bridgehead atoms. The molecule has 2 nitrogen and oxygen atoms in total. The van der Waals surface area contributed by atoms with Gasteiger partial charge in [-0.05, 0) is 37.8 Å². The van der Waals surface area contributed by atoms with Gasteiger partial charge in [0.1, 0.15) is 5.82 Å². The van der Waals surface area contributed by atoms with Crippen LogP contribution in [0.1, 0.15) is 31.2 Å². The molecule has 0 atom stereocenters. The molecule has 0 aliphatic heterocycles. The summed E-state index contributed by atoms with van der Waals surface area (Å²) in [6, 6.07) is 4.98. The molecule has 0 amide bonds. The van der Waals surface area contributed by atoms with Crippen LogP contribution in [0, 0.1) is 5.82 Å². The zero-order valence-electron chi connectivity index (χ0n) is 9.66. The van der Waals surface area contributed by atoms with Gasteiger partial charge < -0.3 is 10.5 Å². The standard InChI is InChI=1S/C13H17ClFNO/c14-10-2-1-9(13(15)7-10)8-17-12-5-3-11(16)4-6-12/h1-2,7,11-12H,3-6,8,16H2. The Bertz CT molecular complexity index is 378. The lowest BCUT2D eigenvalue weighted by Gasteiger charge is -2.26. The van der Waals surface area contributed by atoms with Crippen LogP contribution in [0.2, 0.25) is 5.02 Å². The highest BCUT2D eigenvalue weighted by molar-refractivity contribution is 6.30. The van der Waals surface area contributed by atoms with E-state index in [0.717, 1.165) is 25.7 Å². The Kier molecular flexibility index (Phi) is 4.37. The fourth-order valence-corrected chi connectivity index (χ4v) is 2.26. The second-order valence-electron chi connectivity index (χ2n) is 4.58. The van der Waals surface area contributed by atoms with Gasteiger partial charge in [-0.25, -0.2) is 4.39 Å². The number of ether oxygens (including phenoxy) is 1. The quantitative estimate of drug-likeness (QED) is 0.902.